The maximum Gasteiger partial charge on any atom is 0.410 e. The van der Waals surface area contributed by atoms with E-state index in [-0.39, 0.29) is 34.4 Å². The number of allylic oxidation sites excluding steroid dienone is 2. The van der Waals surface area contributed by atoms with Crippen molar-refractivity contribution in [1.29, 1.82) is 15.8 Å². The summed E-state index contributed by atoms with van der Waals surface area (Å²) in [5, 5.41) is 30.5. The topological polar surface area (TPSA) is 127 Å². The Labute approximate surface area is 196 Å². The molecule has 0 fully saturated rings. The van der Waals surface area contributed by atoms with Gasteiger partial charge in [0.05, 0.1) is 33.5 Å². The Morgan fingerprint density at radius 3 is 2.47 bits per heavy atom. The van der Waals surface area contributed by atoms with Crippen molar-refractivity contribution in [3.63, 3.8) is 0 Å². The van der Waals surface area contributed by atoms with Gasteiger partial charge in [-0.15, -0.1) is 0 Å². The first-order valence-electron chi connectivity index (χ1n) is 9.85. The summed E-state index contributed by atoms with van der Waals surface area (Å²) in [6, 6.07) is 11.1. The highest BCUT2D eigenvalue weighted by molar-refractivity contribution is 6.42. The van der Waals surface area contributed by atoms with E-state index in [0.717, 1.165) is 0 Å². The number of nitriles is 3. The number of nitrogens with zero attached hydrogens (tertiary/aromatic N) is 4. The van der Waals surface area contributed by atoms with Crippen molar-refractivity contribution in [2.45, 2.75) is 32.3 Å². The molecule has 7 nitrogen and oxygen atoms in total. The van der Waals surface area contributed by atoms with Crippen molar-refractivity contribution < 1.29 is 9.53 Å². The molecule has 164 valence electrons. The van der Waals surface area contributed by atoms with Gasteiger partial charge in [-0.1, -0.05) is 41.4 Å². The summed E-state index contributed by atoms with van der Waals surface area (Å²) in [4.78, 5) is 14.2. The van der Waals surface area contributed by atoms with E-state index < -0.39 is 28.9 Å². The molecular weight excluding hydrogens is 449 g/mol. The molecule has 2 N–H and O–H groups in total. The van der Waals surface area contributed by atoms with Crippen LogP contribution in [0.25, 0.3) is 0 Å². The van der Waals surface area contributed by atoms with Gasteiger partial charge < -0.3 is 15.4 Å². The highest BCUT2D eigenvalue weighted by atomic mass is 35.5. The fourth-order valence-electron chi connectivity index (χ4n) is 4.26. The third-order valence-corrected chi connectivity index (χ3v) is 6.47. The molecule has 0 bridgehead atoms. The second kappa shape index (κ2) is 8.40. The molecule has 0 saturated heterocycles. The maximum absolute atomic E-state index is 12.8. The zero-order chi connectivity index (χ0) is 23.8. The van der Waals surface area contributed by atoms with Gasteiger partial charge in [-0.3, -0.25) is 0 Å². The van der Waals surface area contributed by atoms with Crippen molar-refractivity contribution in [1.82, 2.24) is 4.90 Å². The predicted octanol–water partition coefficient (Wildman–Crippen LogP) is 4.65. The minimum absolute atomic E-state index is 0.0799. The molecule has 2 atom stereocenters. The zero-order valence-corrected chi connectivity index (χ0v) is 19.3. The maximum atomic E-state index is 12.8. The third kappa shape index (κ3) is 3.78. The Morgan fingerprint density at radius 1 is 1.25 bits per heavy atom. The number of amides is 1. The van der Waals surface area contributed by atoms with Gasteiger partial charge in [0, 0.05) is 24.9 Å². The molecule has 1 heterocycles. The summed E-state index contributed by atoms with van der Waals surface area (Å²) in [5.41, 5.74) is 4.68. The summed E-state index contributed by atoms with van der Waals surface area (Å²) in [5.74, 6) is -1.47. The van der Waals surface area contributed by atoms with Crippen LogP contribution in [0.3, 0.4) is 0 Å². The molecule has 0 saturated carbocycles. The minimum Gasteiger partial charge on any atom is -0.444 e. The SMILES string of the molecule is CC(C)(C)OC(=O)N1CC=C2C(C#N)=C(N)C(C#N)(C#N)[C@@H](c3cccc(Cl)c3Cl)[C@H]2C1. The number of fused-ring (bicyclic) bond motifs is 1. The first-order chi connectivity index (χ1) is 15.0. The second-order valence-electron chi connectivity index (χ2n) is 8.70. The third-order valence-electron chi connectivity index (χ3n) is 5.63. The number of ether oxygens (including phenoxy) is 1. The molecular formula is C23H21Cl2N5O2. The number of nitrogens with two attached hydrogens (primary N) is 1. The van der Waals surface area contributed by atoms with E-state index in [1.807, 2.05) is 18.2 Å². The number of carbonyl (C=O) groups is 1. The molecule has 9 heteroatoms. The van der Waals surface area contributed by atoms with Crippen LogP contribution in [-0.4, -0.2) is 29.7 Å². The average molecular weight is 470 g/mol. The van der Waals surface area contributed by atoms with E-state index in [0.29, 0.717) is 11.1 Å². The number of rotatable bonds is 1. The molecule has 1 aromatic rings. The van der Waals surface area contributed by atoms with Gasteiger partial charge in [-0.05, 0) is 38.0 Å². The van der Waals surface area contributed by atoms with Gasteiger partial charge in [-0.25, -0.2) is 4.79 Å². The van der Waals surface area contributed by atoms with Crippen molar-refractivity contribution in [3.8, 4) is 18.2 Å². The number of hydrogen-bond acceptors (Lipinski definition) is 6. The van der Waals surface area contributed by atoms with Gasteiger partial charge in [0.15, 0.2) is 5.41 Å². The monoisotopic (exact) mass is 469 g/mol. The molecule has 0 aromatic heterocycles. The summed E-state index contributed by atoms with van der Waals surface area (Å²) < 4.78 is 5.50. The lowest BCUT2D eigenvalue weighted by atomic mass is 9.58. The van der Waals surface area contributed by atoms with Crippen molar-refractivity contribution in [2.75, 3.05) is 13.1 Å². The zero-order valence-electron chi connectivity index (χ0n) is 17.8. The summed E-state index contributed by atoms with van der Waals surface area (Å²) >= 11 is 12.7. The quantitative estimate of drug-likeness (QED) is 0.636. The number of halogens is 2. The molecule has 0 unspecified atom stereocenters. The molecule has 0 spiro atoms. The Hall–Kier alpha value is -3.18. The normalized spacial score (nSPS) is 22.1. The van der Waals surface area contributed by atoms with E-state index >= 15 is 0 Å². The minimum atomic E-state index is -1.88. The van der Waals surface area contributed by atoms with E-state index in [1.165, 1.54) is 4.90 Å². The molecule has 1 aromatic carbocycles. The van der Waals surface area contributed by atoms with Gasteiger partial charge in [0.1, 0.15) is 11.7 Å². The lowest BCUT2D eigenvalue weighted by Gasteiger charge is -2.45. The first-order valence-corrected chi connectivity index (χ1v) is 10.6. The molecule has 1 aliphatic heterocycles. The molecule has 1 aliphatic carbocycles. The molecule has 3 rings (SSSR count). The van der Waals surface area contributed by atoms with Gasteiger partial charge in [0.2, 0.25) is 0 Å². The molecule has 0 radical (unpaired) electrons. The van der Waals surface area contributed by atoms with Gasteiger partial charge >= 0.3 is 6.09 Å². The molecule has 2 aliphatic rings. The second-order valence-corrected chi connectivity index (χ2v) is 9.49. The van der Waals surface area contributed by atoms with Crippen LogP contribution in [0.15, 0.2) is 41.1 Å². The van der Waals surface area contributed by atoms with Crippen LogP contribution in [0, 0.1) is 45.3 Å². The lowest BCUT2D eigenvalue weighted by molar-refractivity contribution is 0.0225. The van der Waals surface area contributed by atoms with Crippen LogP contribution in [0.4, 0.5) is 4.79 Å². The number of benzene rings is 1. The van der Waals surface area contributed by atoms with E-state index in [2.05, 4.69) is 0 Å². The van der Waals surface area contributed by atoms with Crippen LogP contribution in [0.1, 0.15) is 32.3 Å². The van der Waals surface area contributed by atoms with Crippen LogP contribution in [-0.2, 0) is 4.74 Å². The summed E-state index contributed by atoms with van der Waals surface area (Å²) in [7, 11) is 0. The Morgan fingerprint density at radius 2 is 1.91 bits per heavy atom. The highest BCUT2D eigenvalue weighted by Gasteiger charge is 2.55. The van der Waals surface area contributed by atoms with Gasteiger partial charge in [0.25, 0.3) is 0 Å². The Balaban J connectivity index is 2.24. The average Bonchev–Trinajstić information content (AvgIpc) is 2.74. The number of hydrogen-bond donors (Lipinski definition) is 1. The Bertz CT molecular complexity index is 1150. The van der Waals surface area contributed by atoms with Crippen LogP contribution in [0.2, 0.25) is 10.0 Å². The van der Waals surface area contributed by atoms with Crippen molar-refractivity contribution in [2.24, 2.45) is 17.1 Å². The van der Waals surface area contributed by atoms with Crippen LogP contribution >= 0.6 is 23.2 Å². The van der Waals surface area contributed by atoms with Gasteiger partial charge in [-0.2, -0.15) is 15.8 Å². The molecule has 32 heavy (non-hydrogen) atoms. The standard InChI is InChI=1S/C23H21Cl2N5O2/c1-22(2,3)32-21(31)30-8-7-13-15(9-26)20(29)23(11-27,12-28)18(16(13)10-30)14-5-4-6-17(24)19(14)25/h4-7,16,18H,8,10,29H2,1-3H3/t16-,18-/m0/s1. The first kappa shape index (κ1) is 23.5. The predicted molar refractivity (Wildman–Crippen MR) is 119 cm³/mol. The fraction of sp³-hybridized carbons (Fsp3) is 0.391. The lowest BCUT2D eigenvalue weighted by Crippen LogP contribution is -2.50. The van der Waals surface area contributed by atoms with E-state index in [1.54, 1.807) is 45.0 Å². The van der Waals surface area contributed by atoms with E-state index in [9.17, 15) is 20.6 Å². The van der Waals surface area contributed by atoms with Crippen molar-refractivity contribution in [3.05, 3.63) is 56.7 Å². The molecule has 1 amide bonds. The van der Waals surface area contributed by atoms with Crippen LogP contribution < -0.4 is 5.73 Å². The van der Waals surface area contributed by atoms with E-state index in [4.69, 9.17) is 33.7 Å². The largest absolute Gasteiger partial charge is 0.444 e. The Kier molecular flexibility index (Phi) is 6.16. The smallest absolute Gasteiger partial charge is 0.410 e. The van der Waals surface area contributed by atoms with Crippen molar-refractivity contribution >= 4 is 29.3 Å². The summed E-state index contributed by atoms with van der Waals surface area (Å²) in [6.45, 7) is 5.59. The highest BCUT2D eigenvalue weighted by Crippen LogP contribution is 2.55. The number of carbonyl (C=O) groups excluding carboxylic acids is 1. The van der Waals surface area contributed by atoms with Crippen LogP contribution in [0.5, 0.6) is 0 Å². The summed E-state index contributed by atoms with van der Waals surface area (Å²) in [6.07, 6.45) is 1.18. The fourth-order valence-corrected chi connectivity index (χ4v) is 4.69.